The van der Waals surface area contributed by atoms with Crippen molar-refractivity contribution in [1.29, 1.82) is 0 Å². The Morgan fingerprint density at radius 1 is 1.09 bits per heavy atom. The highest BCUT2D eigenvalue weighted by atomic mass is 14.9. The fraction of sp³-hybridized carbons (Fsp3) is 1.00. The van der Waals surface area contributed by atoms with E-state index in [0.717, 1.165) is 0 Å². The first-order valence-corrected chi connectivity index (χ1v) is 4.62. The van der Waals surface area contributed by atoms with Gasteiger partial charge in [-0.2, -0.15) is 0 Å². The third kappa shape index (κ3) is 25.7. The highest BCUT2D eigenvalue weighted by Gasteiger charge is 1.93. The predicted octanol–water partition coefficient (Wildman–Crippen LogP) is 1.62. The van der Waals surface area contributed by atoms with E-state index in [2.05, 4.69) is 24.5 Å². The molecule has 0 aliphatic carbocycles. The summed E-state index contributed by atoms with van der Waals surface area (Å²) in [6, 6.07) is 0. The van der Waals surface area contributed by atoms with Gasteiger partial charge in [-0.25, -0.2) is 0 Å². The summed E-state index contributed by atoms with van der Waals surface area (Å²) in [4.78, 5) is 0. The van der Waals surface area contributed by atoms with Crippen molar-refractivity contribution in [2.45, 2.75) is 33.1 Å². The van der Waals surface area contributed by atoms with Crippen molar-refractivity contribution in [3.8, 4) is 0 Å². The van der Waals surface area contributed by atoms with Crippen LogP contribution in [0.4, 0.5) is 0 Å². The molecule has 1 aliphatic rings. The molecule has 1 aliphatic heterocycles. The summed E-state index contributed by atoms with van der Waals surface area (Å²) in [5.41, 5.74) is 0. The first kappa shape index (κ1) is 13.5. The Hall–Kier alpha value is -0.0800. The SMILES string of the molecule is C1CCNC1.CCC.CNC. The average Bonchev–Trinajstić information content (AvgIpc) is 2.44. The molecular weight excluding hydrogens is 136 g/mol. The third-order valence-corrected chi connectivity index (χ3v) is 0.957. The normalized spacial score (nSPS) is 14.2. The zero-order valence-electron chi connectivity index (χ0n) is 8.54. The number of nitrogens with one attached hydrogen (secondary N) is 2. The minimum absolute atomic E-state index is 1.25. The quantitative estimate of drug-likeness (QED) is 0.563. The maximum absolute atomic E-state index is 3.22. The summed E-state index contributed by atoms with van der Waals surface area (Å²) < 4.78 is 0. The summed E-state index contributed by atoms with van der Waals surface area (Å²) in [5, 5.41) is 5.97. The van der Waals surface area contributed by atoms with Gasteiger partial charge in [0.2, 0.25) is 0 Å². The Balaban J connectivity index is 0. The lowest BCUT2D eigenvalue weighted by Gasteiger charge is -1.76. The standard InChI is InChI=1S/C4H9N.C3H8.C2H7N/c1-2-4-5-3-1;2*1-3-2/h5H,1-4H2;3H2,1-2H3;3H,1-2H3. The van der Waals surface area contributed by atoms with Gasteiger partial charge in [-0.15, -0.1) is 0 Å². The van der Waals surface area contributed by atoms with Gasteiger partial charge in [-0.3, -0.25) is 0 Å². The number of hydrogen-bond donors (Lipinski definition) is 2. The molecule has 1 rings (SSSR count). The van der Waals surface area contributed by atoms with Crippen molar-refractivity contribution in [2.24, 2.45) is 0 Å². The van der Waals surface area contributed by atoms with Gasteiger partial charge in [0.15, 0.2) is 0 Å². The summed E-state index contributed by atoms with van der Waals surface area (Å²) in [6.45, 7) is 6.75. The average molecular weight is 160 g/mol. The van der Waals surface area contributed by atoms with Gasteiger partial charge in [0.25, 0.3) is 0 Å². The molecule has 0 radical (unpaired) electrons. The van der Waals surface area contributed by atoms with Gasteiger partial charge in [-0.1, -0.05) is 20.3 Å². The molecule has 2 nitrogen and oxygen atoms in total. The van der Waals surface area contributed by atoms with E-state index in [0.29, 0.717) is 0 Å². The molecule has 0 spiro atoms. The van der Waals surface area contributed by atoms with Crippen LogP contribution in [0.2, 0.25) is 0 Å². The van der Waals surface area contributed by atoms with Gasteiger partial charge in [0.05, 0.1) is 0 Å². The molecule has 1 saturated heterocycles. The number of rotatable bonds is 0. The van der Waals surface area contributed by atoms with E-state index in [9.17, 15) is 0 Å². The van der Waals surface area contributed by atoms with Crippen LogP contribution in [0.25, 0.3) is 0 Å². The number of hydrogen-bond acceptors (Lipinski definition) is 2. The van der Waals surface area contributed by atoms with Crippen LogP contribution in [0.1, 0.15) is 33.1 Å². The van der Waals surface area contributed by atoms with Crippen LogP contribution in [0.3, 0.4) is 0 Å². The fourth-order valence-electron chi connectivity index (χ4n) is 0.625. The van der Waals surface area contributed by atoms with E-state index < -0.39 is 0 Å². The second kappa shape index (κ2) is 16.5. The van der Waals surface area contributed by atoms with Gasteiger partial charge in [0, 0.05) is 0 Å². The summed E-state index contributed by atoms with van der Waals surface area (Å²) in [5.74, 6) is 0. The third-order valence-electron chi connectivity index (χ3n) is 0.957. The van der Waals surface area contributed by atoms with Gasteiger partial charge in [0.1, 0.15) is 0 Å². The van der Waals surface area contributed by atoms with E-state index in [1.807, 2.05) is 14.1 Å². The summed E-state index contributed by atoms with van der Waals surface area (Å²) in [7, 11) is 3.75. The molecule has 0 unspecified atom stereocenters. The fourth-order valence-corrected chi connectivity index (χ4v) is 0.625. The molecule has 0 aromatic rings. The van der Waals surface area contributed by atoms with Crippen LogP contribution >= 0.6 is 0 Å². The van der Waals surface area contributed by atoms with E-state index >= 15 is 0 Å². The smallest absolute Gasteiger partial charge is 0.00484 e. The van der Waals surface area contributed by atoms with E-state index in [1.165, 1.54) is 32.4 Å². The molecule has 2 heteroatoms. The highest BCUT2D eigenvalue weighted by Crippen LogP contribution is 1.90. The van der Waals surface area contributed by atoms with Crippen LogP contribution in [-0.4, -0.2) is 27.2 Å². The minimum Gasteiger partial charge on any atom is -0.323 e. The van der Waals surface area contributed by atoms with Crippen LogP contribution < -0.4 is 10.6 Å². The van der Waals surface area contributed by atoms with Gasteiger partial charge < -0.3 is 10.6 Å². The minimum atomic E-state index is 1.25. The molecule has 70 valence electrons. The summed E-state index contributed by atoms with van der Waals surface area (Å²) >= 11 is 0. The Morgan fingerprint density at radius 2 is 1.36 bits per heavy atom. The first-order valence-electron chi connectivity index (χ1n) is 4.62. The molecule has 0 aromatic heterocycles. The molecule has 11 heavy (non-hydrogen) atoms. The second-order valence-corrected chi connectivity index (χ2v) is 2.66. The lowest BCUT2D eigenvalue weighted by molar-refractivity contribution is 0.857. The molecule has 2 N–H and O–H groups in total. The van der Waals surface area contributed by atoms with E-state index in [4.69, 9.17) is 0 Å². The molecule has 0 atom stereocenters. The van der Waals surface area contributed by atoms with Crippen LogP contribution in [-0.2, 0) is 0 Å². The first-order chi connectivity index (χ1) is 5.33. The van der Waals surface area contributed by atoms with E-state index in [-0.39, 0.29) is 0 Å². The molecule has 0 aromatic carbocycles. The molecule has 0 saturated carbocycles. The zero-order chi connectivity index (χ0) is 8.95. The highest BCUT2D eigenvalue weighted by molar-refractivity contribution is 4.55. The monoisotopic (exact) mass is 160 g/mol. The topological polar surface area (TPSA) is 24.1 Å². The van der Waals surface area contributed by atoms with Crippen molar-refractivity contribution in [1.82, 2.24) is 10.6 Å². The lowest BCUT2D eigenvalue weighted by atomic mass is 10.4. The van der Waals surface area contributed by atoms with Crippen LogP contribution in [0.5, 0.6) is 0 Å². The molecule has 1 heterocycles. The Kier molecular flexibility index (Phi) is 20.2. The molecular formula is C9H24N2. The van der Waals surface area contributed by atoms with Gasteiger partial charge >= 0.3 is 0 Å². The van der Waals surface area contributed by atoms with Crippen LogP contribution in [0, 0.1) is 0 Å². The molecule has 0 amide bonds. The van der Waals surface area contributed by atoms with Crippen molar-refractivity contribution < 1.29 is 0 Å². The Bertz CT molecular complexity index is 33.2. The van der Waals surface area contributed by atoms with E-state index in [1.54, 1.807) is 0 Å². The van der Waals surface area contributed by atoms with Crippen molar-refractivity contribution in [3.05, 3.63) is 0 Å². The van der Waals surface area contributed by atoms with Gasteiger partial charge in [-0.05, 0) is 40.0 Å². The van der Waals surface area contributed by atoms with Crippen molar-refractivity contribution >= 4 is 0 Å². The maximum Gasteiger partial charge on any atom is -0.00484 e. The lowest BCUT2D eigenvalue weighted by Crippen LogP contribution is -2.03. The van der Waals surface area contributed by atoms with Crippen LogP contribution in [0.15, 0.2) is 0 Å². The Morgan fingerprint density at radius 3 is 1.45 bits per heavy atom. The summed E-state index contributed by atoms with van der Waals surface area (Å²) in [6.07, 6.45) is 4.03. The maximum atomic E-state index is 3.22. The largest absolute Gasteiger partial charge is 0.323 e. The van der Waals surface area contributed by atoms with Crippen molar-refractivity contribution in [3.63, 3.8) is 0 Å². The Labute approximate surface area is 71.8 Å². The zero-order valence-corrected chi connectivity index (χ0v) is 8.54. The molecule has 0 bridgehead atoms. The van der Waals surface area contributed by atoms with Crippen molar-refractivity contribution in [2.75, 3.05) is 27.2 Å². The second-order valence-electron chi connectivity index (χ2n) is 2.66. The molecule has 1 fully saturated rings. The predicted molar refractivity (Wildman–Crippen MR) is 53.1 cm³/mol.